The number of fused-ring (bicyclic) bond motifs is 3. The van der Waals surface area contributed by atoms with Gasteiger partial charge in [-0.15, -0.1) is 0 Å². The molecule has 0 unspecified atom stereocenters. The summed E-state index contributed by atoms with van der Waals surface area (Å²) in [5, 5.41) is 0. The molecule has 3 atom stereocenters. The Hall–Kier alpha value is -3.97. The summed E-state index contributed by atoms with van der Waals surface area (Å²) in [4.78, 5) is 56.3. The lowest BCUT2D eigenvalue weighted by Gasteiger charge is -2.27. The summed E-state index contributed by atoms with van der Waals surface area (Å²) in [6, 6.07) is 18.7. The number of carbonyl (C=O) groups excluding carboxylic acids is 4. The molecule has 36 heavy (non-hydrogen) atoms. The third kappa shape index (κ3) is 2.86. The SMILES string of the molecule is CC(C)c1ccc(N2C(=O)[C@H]3[C@@H](C2=O)C2(O[C@H]3c3ccc(F)cc3)C(=O)c3ccccc3C2=O)cc1. The molecule has 6 nitrogen and oxygen atoms in total. The van der Waals surface area contributed by atoms with E-state index < -0.39 is 52.7 Å². The van der Waals surface area contributed by atoms with E-state index in [2.05, 4.69) is 0 Å². The van der Waals surface area contributed by atoms with Crippen molar-refractivity contribution in [2.45, 2.75) is 31.5 Å². The number of ketones is 2. The summed E-state index contributed by atoms with van der Waals surface area (Å²) in [6.07, 6.45) is -1.07. The van der Waals surface area contributed by atoms with E-state index in [1.165, 1.54) is 36.4 Å². The third-order valence-corrected chi connectivity index (χ3v) is 7.54. The van der Waals surface area contributed by atoms with Crippen LogP contribution in [0.25, 0.3) is 0 Å². The third-order valence-electron chi connectivity index (χ3n) is 7.54. The number of hydrogen-bond donors (Lipinski definition) is 0. The predicted molar refractivity (Wildman–Crippen MR) is 128 cm³/mol. The zero-order valence-corrected chi connectivity index (χ0v) is 19.6. The molecule has 3 aromatic rings. The van der Waals surface area contributed by atoms with Gasteiger partial charge in [-0.1, -0.05) is 62.4 Å². The van der Waals surface area contributed by atoms with Crippen molar-refractivity contribution in [2.75, 3.05) is 4.90 Å². The van der Waals surface area contributed by atoms with E-state index in [1.807, 2.05) is 26.0 Å². The Bertz CT molecular complexity index is 1410. The first kappa shape index (κ1) is 22.5. The molecule has 0 N–H and O–H groups in total. The van der Waals surface area contributed by atoms with Crippen LogP contribution in [0.5, 0.6) is 0 Å². The van der Waals surface area contributed by atoms with Crippen molar-refractivity contribution in [3.63, 3.8) is 0 Å². The smallest absolute Gasteiger partial charge is 0.241 e. The summed E-state index contributed by atoms with van der Waals surface area (Å²) in [5.74, 6) is -5.13. The first-order valence-electron chi connectivity index (χ1n) is 11.9. The van der Waals surface area contributed by atoms with E-state index in [0.29, 0.717) is 11.3 Å². The Labute approximate surface area is 206 Å². The van der Waals surface area contributed by atoms with Crippen LogP contribution in [0, 0.1) is 17.7 Å². The molecule has 3 aromatic carbocycles. The number of halogens is 1. The Kier molecular flexibility index (Phi) is 4.85. The largest absolute Gasteiger partial charge is 0.349 e. The molecule has 1 spiro atoms. The molecular formula is C29H22FNO5. The second-order valence-electron chi connectivity index (χ2n) is 9.79. The van der Waals surface area contributed by atoms with Crippen LogP contribution in [0.2, 0.25) is 0 Å². The highest BCUT2D eigenvalue weighted by Crippen LogP contribution is 2.57. The molecule has 0 radical (unpaired) electrons. The van der Waals surface area contributed by atoms with E-state index in [9.17, 15) is 23.6 Å². The number of amides is 2. The molecule has 2 aliphatic heterocycles. The normalized spacial score (nSPS) is 24.2. The van der Waals surface area contributed by atoms with Crippen molar-refractivity contribution in [2.24, 2.45) is 11.8 Å². The fourth-order valence-electron chi connectivity index (χ4n) is 5.73. The topological polar surface area (TPSA) is 80.8 Å². The van der Waals surface area contributed by atoms with Gasteiger partial charge in [0.25, 0.3) is 0 Å². The Morgan fingerprint density at radius 2 is 1.39 bits per heavy atom. The predicted octanol–water partition coefficient (Wildman–Crippen LogP) is 4.64. The van der Waals surface area contributed by atoms with Gasteiger partial charge in [0.15, 0.2) is 0 Å². The van der Waals surface area contributed by atoms with Gasteiger partial charge in [-0.2, -0.15) is 0 Å². The van der Waals surface area contributed by atoms with Crippen molar-refractivity contribution < 1.29 is 28.3 Å². The molecule has 0 bridgehead atoms. The van der Waals surface area contributed by atoms with Crippen LogP contribution >= 0.6 is 0 Å². The number of benzene rings is 3. The van der Waals surface area contributed by atoms with Gasteiger partial charge in [0, 0.05) is 11.1 Å². The van der Waals surface area contributed by atoms with Gasteiger partial charge in [-0.05, 0) is 41.3 Å². The molecule has 0 saturated carbocycles. The average molecular weight is 483 g/mol. The van der Waals surface area contributed by atoms with Crippen molar-refractivity contribution in [1.29, 1.82) is 0 Å². The van der Waals surface area contributed by atoms with Crippen molar-refractivity contribution in [3.05, 3.63) is 101 Å². The highest BCUT2D eigenvalue weighted by Gasteiger charge is 2.74. The van der Waals surface area contributed by atoms with Gasteiger partial charge in [-0.3, -0.25) is 19.2 Å². The number of Topliss-reactive ketones (excluding diaryl/α,β-unsaturated/α-hetero) is 2. The van der Waals surface area contributed by atoms with E-state index in [0.717, 1.165) is 10.5 Å². The van der Waals surface area contributed by atoms with E-state index in [-0.39, 0.29) is 17.0 Å². The summed E-state index contributed by atoms with van der Waals surface area (Å²) < 4.78 is 19.9. The monoisotopic (exact) mass is 483 g/mol. The van der Waals surface area contributed by atoms with Gasteiger partial charge in [0.05, 0.1) is 23.6 Å². The Balaban J connectivity index is 1.51. The van der Waals surface area contributed by atoms with Crippen LogP contribution in [0.3, 0.4) is 0 Å². The van der Waals surface area contributed by atoms with Crippen LogP contribution in [-0.2, 0) is 14.3 Å². The molecule has 2 heterocycles. The zero-order chi connectivity index (χ0) is 25.4. The minimum atomic E-state index is -2.15. The van der Waals surface area contributed by atoms with Crippen LogP contribution < -0.4 is 4.90 Å². The van der Waals surface area contributed by atoms with Crippen LogP contribution in [-0.4, -0.2) is 29.0 Å². The molecule has 180 valence electrons. The second kappa shape index (κ2) is 7.77. The molecule has 7 heteroatoms. The highest BCUT2D eigenvalue weighted by molar-refractivity contribution is 6.37. The fourth-order valence-corrected chi connectivity index (χ4v) is 5.73. The quantitative estimate of drug-likeness (QED) is 0.400. The van der Waals surface area contributed by atoms with Crippen LogP contribution in [0.15, 0.2) is 72.8 Å². The van der Waals surface area contributed by atoms with Gasteiger partial charge in [0.1, 0.15) is 5.82 Å². The van der Waals surface area contributed by atoms with Crippen LogP contribution in [0.4, 0.5) is 10.1 Å². The molecule has 6 rings (SSSR count). The second-order valence-corrected chi connectivity index (χ2v) is 9.79. The summed E-state index contributed by atoms with van der Waals surface area (Å²) in [6.45, 7) is 4.07. The number of imide groups is 1. The summed E-state index contributed by atoms with van der Waals surface area (Å²) >= 11 is 0. The van der Waals surface area contributed by atoms with Gasteiger partial charge < -0.3 is 4.74 Å². The Morgan fingerprint density at radius 3 is 1.94 bits per heavy atom. The maximum atomic E-state index is 13.9. The Morgan fingerprint density at radius 1 is 0.806 bits per heavy atom. The maximum absolute atomic E-state index is 13.9. The molecule has 0 aromatic heterocycles. The molecule has 3 aliphatic rings. The molecule has 2 fully saturated rings. The van der Waals surface area contributed by atoms with Crippen molar-refractivity contribution in [1.82, 2.24) is 0 Å². The highest BCUT2D eigenvalue weighted by atomic mass is 19.1. The summed E-state index contributed by atoms with van der Waals surface area (Å²) in [7, 11) is 0. The first-order valence-corrected chi connectivity index (χ1v) is 11.9. The lowest BCUT2D eigenvalue weighted by Crippen LogP contribution is -2.51. The molecule has 2 amide bonds. The first-order chi connectivity index (χ1) is 17.3. The van der Waals surface area contributed by atoms with Crippen molar-refractivity contribution in [3.8, 4) is 0 Å². The minimum Gasteiger partial charge on any atom is -0.349 e. The number of carbonyl (C=O) groups is 4. The maximum Gasteiger partial charge on any atom is 0.241 e. The van der Waals surface area contributed by atoms with E-state index >= 15 is 0 Å². The number of hydrogen-bond acceptors (Lipinski definition) is 5. The van der Waals surface area contributed by atoms with E-state index in [1.54, 1.807) is 24.3 Å². The lowest BCUT2D eigenvalue weighted by molar-refractivity contribution is -0.127. The minimum absolute atomic E-state index is 0.168. The lowest BCUT2D eigenvalue weighted by atomic mass is 9.77. The standard InChI is InChI=1S/C29H22FNO5/c1-15(2)16-9-13-19(14-10-16)31-27(34)22-23(28(31)35)29(36-24(22)17-7-11-18(30)12-8-17)25(32)20-5-3-4-6-21(20)26(29)33/h3-15,22-24H,1-2H3/t22-,23-,24-/m0/s1. The van der Waals surface area contributed by atoms with Gasteiger partial charge in [-0.25, -0.2) is 9.29 Å². The number of rotatable bonds is 3. The average Bonchev–Trinajstić information content (AvgIpc) is 3.44. The number of anilines is 1. The summed E-state index contributed by atoms with van der Waals surface area (Å²) in [5.41, 5.74) is 0.0121. The number of ether oxygens (including phenoxy) is 1. The van der Waals surface area contributed by atoms with Gasteiger partial charge >= 0.3 is 0 Å². The zero-order valence-electron chi connectivity index (χ0n) is 19.6. The van der Waals surface area contributed by atoms with Gasteiger partial charge in [0.2, 0.25) is 29.0 Å². The van der Waals surface area contributed by atoms with E-state index in [4.69, 9.17) is 4.74 Å². The molecule has 2 saturated heterocycles. The number of nitrogens with zero attached hydrogens (tertiary/aromatic N) is 1. The van der Waals surface area contributed by atoms with Crippen molar-refractivity contribution >= 4 is 29.1 Å². The fraction of sp³-hybridized carbons (Fsp3) is 0.241. The molecular weight excluding hydrogens is 461 g/mol. The molecule has 1 aliphatic carbocycles. The van der Waals surface area contributed by atoms with Crippen LogP contribution in [0.1, 0.15) is 57.7 Å².